The predicted octanol–water partition coefficient (Wildman–Crippen LogP) is 0.928. The highest BCUT2D eigenvalue weighted by Gasteiger charge is 2.19. The third kappa shape index (κ3) is 1.57. The highest BCUT2D eigenvalue weighted by atomic mass is 16.2. The van der Waals surface area contributed by atoms with E-state index in [1.807, 2.05) is 12.1 Å². The maximum atomic E-state index is 11.0. The monoisotopic (exact) mass is 215 g/mol. The molecule has 1 saturated heterocycles. The van der Waals surface area contributed by atoms with Crippen molar-refractivity contribution in [2.24, 2.45) is 0 Å². The molecule has 1 aliphatic rings. The fourth-order valence-electron chi connectivity index (χ4n) is 2.07. The average molecular weight is 215 g/mol. The number of carbonyl (C=O) groups excluding carboxylic acids is 1. The minimum absolute atomic E-state index is 0.0624. The lowest BCUT2D eigenvalue weighted by molar-refractivity contribution is -0.121. The van der Waals surface area contributed by atoms with Crippen molar-refractivity contribution >= 4 is 16.8 Å². The minimum atomic E-state index is 0.0624. The van der Waals surface area contributed by atoms with Gasteiger partial charge in [-0.3, -0.25) is 10.1 Å². The molecule has 2 aromatic rings. The van der Waals surface area contributed by atoms with Gasteiger partial charge in [-0.05, 0) is 17.5 Å². The van der Waals surface area contributed by atoms with Gasteiger partial charge in [-0.25, -0.2) is 0 Å². The van der Waals surface area contributed by atoms with Gasteiger partial charge in [-0.2, -0.15) is 0 Å². The van der Waals surface area contributed by atoms with Crippen LogP contribution < -0.4 is 10.6 Å². The number of amides is 1. The van der Waals surface area contributed by atoms with Crippen LogP contribution in [0.15, 0.2) is 30.3 Å². The van der Waals surface area contributed by atoms with Crippen LogP contribution in [0.1, 0.15) is 11.7 Å². The molecule has 0 spiro atoms. The molecule has 1 atom stereocenters. The molecule has 1 amide bonds. The van der Waals surface area contributed by atoms with E-state index in [1.54, 1.807) is 0 Å². The largest absolute Gasteiger partial charge is 0.357 e. The second-order valence-electron chi connectivity index (χ2n) is 4.05. The molecule has 3 N–H and O–H groups in total. The molecule has 0 aliphatic carbocycles. The molecule has 1 aliphatic heterocycles. The van der Waals surface area contributed by atoms with Gasteiger partial charge in [0.05, 0.1) is 12.6 Å². The van der Waals surface area contributed by atoms with Crippen LogP contribution in [-0.2, 0) is 4.79 Å². The maximum absolute atomic E-state index is 11.0. The zero-order chi connectivity index (χ0) is 11.0. The van der Waals surface area contributed by atoms with E-state index in [4.69, 9.17) is 0 Å². The molecule has 0 saturated carbocycles. The molecule has 1 aromatic carbocycles. The highest BCUT2D eigenvalue weighted by Crippen LogP contribution is 2.20. The Labute approximate surface area is 93.0 Å². The third-order valence-corrected chi connectivity index (χ3v) is 2.94. The van der Waals surface area contributed by atoms with Crippen molar-refractivity contribution < 1.29 is 4.79 Å². The zero-order valence-corrected chi connectivity index (χ0v) is 8.79. The van der Waals surface area contributed by atoms with Crippen molar-refractivity contribution in [3.8, 4) is 0 Å². The van der Waals surface area contributed by atoms with Crippen molar-refractivity contribution in [2.75, 3.05) is 13.1 Å². The normalized spacial score (nSPS) is 21.0. The first kappa shape index (κ1) is 9.42. The molecule has 4 nitrogen and oxygen atoms in total. The number of carbonyl (C=O) groups is 1. The average Bonchev–Trinajstić information content (AvgIpc) is 2.73. The van der Waals surface area contributed by atoms with Gasteiger partial charge in [0.1, 0.15) is 0 Å². The zero-order valence-electron chi connectivity index (χ0n) is 8.79. The van der Waals surface area contributed by atoms with Crippen molar-refractivity contribution in [1.29, 1.82) is 0 Å². The van der Waals surface area contributed by atoms with Crippen LogP contribution in [-0.4, -0.2) is 24.0 Å². The van der Waals surface area contributed by atoms with E-state index < -0.39 is 0 Å². The van der Waals surface area contributed by atoms with Crippen molar-refractivity contribution in [2.45, 2.75) is 6.04 Å². The molecule has 4 heteroatoms. The molecule has 2 heterocycles. The van der Waals surface area contributed by atoms with Crippen LogP contribution in [0.5, 0.6) is 0 Å². The van der Waals surface area contributed by atoms with Gasteiger partial charge in [0.25, 0.3) is 0 Å². The fraction of sp³-hybridized carbons (Fsp3) is 0.250. The summed E-state index contributed by atoms with van der Waals surface area (Å²) in [6.45, 7) is 1.03. The Morgan fingerprint density at radius 3 is 2.88 bits per heavy atom. The number of benzene rings is 1. The Balaban J connectivity index is 1.91. The number of aromatic amines is 1. The SMILES string of the molecule is O=C1CN[C@H](c2cc3ccccc3[nH]2)CN1. The van der Waals surface area contributed by atoms with E-state index in [0.717, 1.165) is 11.2 Å². The molecule has 16 heavy (non-hydrogen) atoms. The lowest BCUT2D eigenvalue weighted by Crippen LogP contribution is -2.46. The van der Waals surface area contributed by atoms with Gasteiger partial charge in [0.15, 0.2) is 0 Å². The van der Waals surface area contributed by atoms with E-state index in [9.17, 15) is 4.79 Å². The predicted molar refractivity (Wildman–Crippen MR) is 62.1 cm³/mol. The van der Waals surface area contributed by atoms with E-state index in [2.05, 4.69) is 33.8 Å². The number of nitrogens with one attached hydrogen (secondary N) is 3. The van der Waals surface area contributed by atoms with Gasteiger partial charge in [-0.15, -0.1) is 0 Å². The lowest BCUT2D eigenvalue weighted by atomic mass is 10.1. The van der Waals surface area contributed by atoms with Crippen LogP contribution in [0.3, 0.4) is 0 Å². The smallest absolute Gasteiger partial charge is 0.234 e. The summed E-state index contributed by atoms with van der Waals surface area (Å²) in [5.74, 6) is 0.0624. The lowest BCUT2D eigenvalue weighted by Gasteiger charge is -2.22. The van der Waals surface area contributed by atoms with Gasteiger partial charge >= 0.3 is 0 Å². The van der Waals surface area contributed by atoms with E-state index >= 15 is 0 Å². The maximum Gasteiger partial charge on any atom is 0.234 e. The van der Waals surface area contributed by atoms with Gasteiger partial charge in [-0.1, -0.05) is 18.2 Å². The summed E-state index contributed by atoms with van der Waals surface area (Å²) in [5, 5.41) is 7.26. The topological polar surface area (TPSA) is 56.9 Å². The molecule has 0 radical (unpaired) electrons. The number of fused-ring (bicyclic) bond motifs is 1. The molecule has 1 aromatic heterocycles. The number of hydrogen-bond donors (Lipinski definition) is 3. The Bertz CT molecular complexity index is 489. The number of para-hydroxylation sites is 1. The van der Waals surface area contributed by atoms with E-state index in [-0.39, 0.29) is 11.9 Å². The van der Waals surface area contributed by atoms with Crippen molar-refractivity contribution in [3.05, 3.63) is 36.0 Å². The number of piperazine rings is 1. The molecule has 0 bridgehead atoms. The van der Waals surface area contributed by atoms with Gasteiger partial charge in [0, 0.05) is 17.8 Å². The number of rotatable bonds is 1. The molecular formula is C12H13N3O. The molecule has 82 valence electrons. The number of H-pyrrole nitrogens is 1. The Morgan fingerprint density at radius 2 is 2.12 bits per heavy atom. The van der Waals surface area contributed by atoms with Crippen molar-refractivity contribution in [3.63, 3.8) is 0 Å². The molecular weight excluding hydrogens is 202 g/mol. The van der Waals surface area contributed by atoms with E-state index in [0.29, 0.717) is 13.1 Å². The Morgan fingerprint density at radius 1 is 1.25 bits per heavy atom. The van der Waals surface area contributed by atoms with Crippen LogP contribution in [0.4, 0.5) is 0 Å². The first-order valence-electron chi connectivity index (χ1n) is 5.41. The minimum Gasteiger partial charge on any atom is -0.357 e. The second-order valence-corrected chi connectivity index (χ2v) is 4.05. The molecule has 3 rings (SSSR count). The second kappa shape index (κ2) is 3.64. The summed E-state index contributed by atoms with van der Waals surface area (Å²) < 4.78 is 0. The van der Waals surface area contributed by atoms with Gasteiger partial charge in [0.2, 0.25) is 5.91 Å². The summed E-state index contributed by atoms with van der Waals surface area (Å²) in [5.41, 5.74) is 2.26. The summed E-state index contributed by atoms with van der Waals surface area (Å²) in [7, 11) is 0. The standard InChI is InChI=1S/C12H13N3O/c16-12-7-13-11(6-14-12)10-5-8-3-1-2-4-9(8)15-10/h1-5,11,13,15H,6-7H2,(H,14,16)/t11-/m0/s1. The van der Waals surface area contributed by atoms with Crippen molar-refractivity contribution in [1.82, 2.24) is 15.6 Å². The van der Waals surface area contributed by atoms with E-state index in [1.165, 1.54) is 5.39 Å². The Kier molecular flexibility index (Phi) is 2.15. The summed E-state index contributed by atoms with van der Waals surface area (Å²) in [6, 6.07) is 10.5. The first-order valence-corrected chi connectivity index (χ1v) is 5.41. The Hall–Kier alpha value is -1.81. The fourth-order valence-corrected chi connectivity index (χ4v) is 2.07. The van der Waals surface area contributed by atoms with Crippen LogP contribution in [0, 0.1) is 0 Å². The highest BCUT2D eigenvalue weighted by molar-refractivity contribution is 5.81. The summed E-state index contributed by atoms with van der Waals surface area (Å²) in [6.07, 6.45) is 0. The number of hydrogen-bond acceptors (Lipinski definition) is 2. The van der Waals surface area contributed by atoms with Crippen LogP contribution in [0.2, 0.25) is 0 Å². The number of aromatic nitrogens is 1. The first-order chi connectivity index (χ1) is 7.83. The van der Waals surface area contributed by atoms with Gasteiger partial charge < -0.3 is 10.3 Å². The summed E-state index contributed by atoms with van der Waals surface area (Å²) in [4.78, 5) is 14.4. The van der Waals surface area contributed by atoms with Crippen LogP contribution >= 0.6 is 0 Å². The third-order valence-electron chi connectivity index (χ3n) is 2.94. The molecule has 0 unspecified atom stereocenters. The molecule has 1 fully saturated rings. The quantitative estimate of drug-likeness (QED) is 0.662. The van der Waals surface area contributed by atoms with Crippen LogP contribution in [0.25, 0.3) is 10.9 Å². The summed E-state index contributed by atoms with van der Waals surface area (Å²) >= 11 is 0.